The van der Waals surface area contributed by atoms with E-state index < -0.39 is 0 Å². The van der Waals surface area contributed by atoms with Crippen molar-refractivity contribution in [1.29, 1.82) is 0 Å². The first kappa shape index (κ1) is 23.1. The molecular formula is C25H30ClN3O2S. The summed E-state index contributed by atoms with van der Waals surface area (Å²) in [6, 6.07) is 16.1. The lowest BCUT2D eigenvalue weighted by Crippen LogP contribution is -2.41. The Kier molecular flexibility index (Phi) is 7.68. The van der Waals surface area contributed by atoms with Crippen LogP contribution in [0.1, 0.15) is 30.7 Å². The maximum atomic E-state index is 6.32. The fourth-order valence-electron chi connectivity index (χ4n) is 3.99. The quantitative estimate of drug-likeness (QED) is 0.434. The number of aryl methyl sites for hydroxylation is 1. The van der Waals surface area contributed by atoms with Gasteiger partial charge in [0.05, 0.1) is 19.3 Å². The third kappa shape index (κ3) is 5.62. The van der Waals surface area contributed by atoms with Crippen LogP contribution in [0.4, 0.5) is 5.69 Å². The van der Waals surface area contributed by atoms with Gasteiger partial charge in [0.1, 0.15) is 11.3 Å². The van der Waals surface area contributed by atoms with Gasteiger partial charge in [0.25, 0.3) is 0 Å². The van der Waals surface area contributed by atoms with E-state index in [1.165, 1.54) is 0 Å². The van der Waals surface area contributed by atoms with Gasteiger partial charge >= 0.3 is 0 Å². The highest BCUT2D eigenvalue weighted by Gasteiger charge is 2.23. The number of halogens is 1. The summed E-state index contributed by atoms with van der Waals surface area (Å²) in [4.78, 5) is 4.66. The number of fused-ring (bicyclic) bond motifs is 1. The minimum absolute atomic E-state index is 0.00647. The Morgan fingerprint density at radius 1 is 1.19 bits per heavy atom. The molecule has 3 aromatic rings. The summed E-state index contributed by atoms with van der Waals surface area (Å²) >= 11 is 12.2. The summed E-state index contributed by atoms with van der Waals surface area (Å²) in [7, 11) is 0. The number of furan rings is 1. The molecule has 7 heteroatoms. The SMILES string of the molecule is Cc1ccc(NC(=S)N(CCCN2CCOCC2)C(C)c2cc3ccccc3o2)cc1Cl. The van der Waals surface area contributed by atoms with Gasteiger partial charge in [-0.15, -0.1) is 0 Å². The molecule has 1 fully saturated rings. The third-order valence-electron chi connectivity index (χ3n) is 5.98. The van der Waals surface area contributed by atoms with Crippen LogP contribution in [0.25, 0.3) is 11.0 Å². The van der Waals surface area contributed by atoms with Crippen LogP contribution < -0.4 is 5.32 Å². The average molecular weight is 472 g/mol. The average Bonchev–Trinajstić information content (AvgIpc) is 3.24. The monoisotopic (exact) mass is 471 g/mol. The zero-order valence-electron chi connectivity index (χ0n) is 18.6. The minimum atomic E-state index is -0.00647. The number of nitrogens with zero attached hydrogens (tertiary/aromatic N) is 2. The van der Waals surface area contributed by atoms with Gasteiger partial charge in [-0.25, -0.2) is 0 Å². The number of anilines is 1. The van der Waals surface area contributed by atoms with Gasteiger partial charge in [-0.05, 0) is 62.3 Å². The molecular weight excluding hydrogens is 442 g/mol. The maximum absolute atomic E-state index is 6.32. The van der Waals surface area contributed by atoms with Crippen molar-refractivity contribution in [2.24, 2.45) is 0 Å². The fraction of sp³-hybridized carbons (Fsp3) is 0.400. The number of benzene rings is 2. The molecule has 170 valence electrons. The van der Waals surface area contributed by atoms with E-state index in [9.17, 15) is 0 Å². The predicted octanol–water partition coefficient (Wildman–Crippen LogP) is 5.88. The Bertz CT molecular complexity index is 1030. The van der Waals surface area contributed by atoms with E-state index in [1.807, 2.05) is 43.3 Å². The van der Waals surface area contributed by atoms with Crippen molar-refractivity contribution in [3.8, 4) is 0 Å². The van der Waals surface area contributed by atoms with Crippen LogP contribution in [0, 0.1) is 6.92 Å². The van der Waals surface area contributed by atoms with Gasteiger partial charge in [0.2, 0.25) is 0 Å². The van der Waals surface area contributed by atoms with E-state index >= 15 is 0 Å². The zero-order chi connectivity index (χ0) is 22.5. The third-order valence-corrected chi connectivity index (χ3v) is 6.73. The molecule has 2 aromatic carbocycles. The predicted molar refractivity (Wildman–Crippen MR) is 136 cm³/mol. The minimum Gasteiger partial charge on any atom is -0.459 e. The Morgan fingerprint density at radius 2 is 1.97 bits per heavy atom. The molecule has 1 N–H and O–H groups in total. The second kappa shape index (κ2) is 10.7. The topological polar surface area (TPSA) is 40.9 Å². The summed E-state index contributed by atoms with van der Waals surface area (Å²) < 4.78 is 11.6. The number of para-hydroxylation sites is 1. The van der Waals surface area contributed by atoms with E-state index in [1.54, 1.807) is 0 Å². The van der Waals surface area contributed by atoms with Crippen molar-refractivity contribution in [3.05, 3.63) is 64.9 Å². The zero-order valence-corrected chi connectivity index (χ0v) is 20.2. The molecule has 1 unspecified atom stereocenters. The normalized spacial score (nSPS) is 15.6. The number of hydrogen-bond acceptors (Lipinski definition) is 4. The van der Waals surface area contributed by atoms with Crippen LogP contribution >= 0.6 is 23.8 Å². The van der Waals surface area contributed by atoms with Crippen molar-refractivity contribution in [3.63, 3.8) is 0 Å². The first-order valence-electron chi connectivity index (χ1n) is 11.1. The smallest absolute Gasteiger partial charge is 0.174 e. The van der Waals surface area contributed by atoms with Gasteiger partial charge in [-0.2, -0.15) is 0 Å². The lowest BCUT2D eigenvalue weighted by atomic mass is 10.2. The first-order chi connectivity index (χ1) is 15.5. The van der Waals surface area contributed by atoms with Crippen LogP contribution in [0.2, 0.25) is 5.02 Å². The van der Waals surface area contributed by atoms with Gasteiger partial charge in [0, 0.05) is 42.3 Å². The van der Waals surface area contributed by atoms with Crippen LogP contribution in [0.3, 0.4) is 0 Å². The highest BCUT2D eigenvalue weighted by molar-refractivity contribution is 7.80. The molecule has 1 aliphatic rings. The largest absolute Gasteiger partial charge is 0.459 e. The first-order valence-corrected chi connectivity index (χ1v) is 11.9. The number of nitrogens with one attached hydrogen (secondary N) is 1. The molecule has 1 saturated heterocycles. The second-order valence-electron chi connectivity index (χ2n) is 8.26. The highest BCUT2D eigenvalue weighted by Crippen LogP contribution is 2.29. The van der Waals surface area contributed by atoms with Crippen LogP contribution in [0.5, 0.6) is 0 Å². The fourth-order valence-corrected chi connectivity index (χ4v) is 4.54. The summed E-state index contributed by atoms with van der Waals surface area (Å²) in [5, 5.41) is 5.87. The molecule has 0 amide bonds. The Hall–Kier alpha value is -2.12. The molecule has 0 spiro atoms. The molecule has 0 bridgehead atoms. The van der Waals surface area contributed by atoms with E-state index in [0.717, 1.165) is 78.8 Å². The molecule has 1 atom stereocenters. The lowest BCUT2D eigenvalue weighted by molar-refractivity contribution is 0.0365. The van der Waals surface area contributed by atoms with Gasteiger partial charge in [-0.1, -0.05) is 35.9 Å². The molecule has 1 aliphatic heterocycles. The number of ether oxygens (including phenoxy) is 1. The van der Waals surface area contributed by atoms with Crippen molar-refractivity contribution in [2.75, 3.05) is 44.7 Å². The number of morpholine rings is 1. The molecule has 0 radical (unpaired) electrons. The summed E-state index contributed by atoms with van der Waals surface area (Å²) in [6.45, 7) is 9.58. The van der Waals surface area contributed by atoms with Crippen LogP contribution in [-0.4, -0.2) is 54.3 Å². The maximum Gasteiger partial charge on any atom is 0.174 e. The van der Waals surface area contributed by atoms with Crippen molar-refractivity contribution in [2.45, 2.75) is 26.3 Å². The molecule has 32 heavy (non-hydrogen) atoms. The van der Waals surface area contributed by atoms with Gasteiger partial charge in [-0.3, -0.25) is 4.90 Å². The van der Waals surface area contributed by atoms with E-state index in [-0.39, 0.29) is 6.04 Å². The molecule has 1 aromatic heterocycles. The van der Waals surface area contributed by atoms with E-state index in [2.05, 4.69) is 34.2 Å². The van der Waals surface area contributed by atoms with Gasteiger partial charge < -0.3 is 19.4 Å². The number of thiocarbonyl (C=S) groups is 1. The lowest BCUT2D eigenvalue weighted by Gasteiger charge is -2.32. The van der Waals surface area contributed by atoms with Crippen molar-refractivity contribution in [1.82, 2.24) is 9.80 Å². The highest BCUT2D eigenvalue weighted by atomic mass is 35.5. The van der Waals surface area contributed by atoms with Crippen LogP contribution in [-0.2, 0) is 4.74 Å². The molecule has 5 nitrogen and oxygen atoms in total. The standard InChI is InChI=1S/C25H30ClN3O2S/c1-18-8-9-21(17-22(18)26)27-25(32)29(11-5-10-28-12-14-30-15-13-28)19(2)24-16-20-6-3-4-7-23(20)31-24/h3-4,6-9,16-17,19H,5,10-15H2,1-2H3,(H,27,32). The molecule has 4 rings (SSSR count). The summed E-state index contributed by atoms with van der Waals surface area (Å²) in [5.74, 6) is 0.906. The Labute approximate surface area is 200 Å². The van der Waals surface area contributed by atoms with Gasteiger partial charge in [0.15, 0.2) is 5.11 Å². The molecule has 0 aliphatic carbocycles. The Morgan fingerprint density at radius 3 is 2.72 bits per heavy atom. The second-order valence-corrected chi connectivity index (χ2v) is 9.05. The van der Waals surface area contributed by atoms with E-state index in [0.29, 0.717) is 5.11 Å². The number of rotatable bonds is 7. The Balaban J connectivity index is 1.50. The summed E-state index contributed by atoms with van der Waals surface area (Å²) in [6.07, 6.45) is 1.00. The molecule has 2 heterocycles. The van der Waals surface area contributed by atoms with Crippen LogP contribution in [0.15, 0.2) is 52.9 Å². The number of hydrogen-bond donors (Lipinski definition) is 1. The van der Waals surface area contributed by atoms with E-state index in [4.69, 9.17) is 33.0 Å². The summed E-state index contributed by atoms with van der Waals surface area (Å²) in [5.41, 5.74) is 2.83. The van der Waals surface area contributed by atoms with Crippen molar-refractivity contribution >= 4 is 45.6 Å². The van der Waals surface area contributed by atoms with Crippen molar-refractivity contribution < 1.29 is 9.15 Å². The molecule has 0 saturated carbocycles.